The van der Waals surface area contributed by atoms with Gasteiger partial charge in [0.05, 0.1) is 12.2 Å². The molecule has 3 rings (SSSR count). The third-order valence-corrected chi connectivity index (χ3v) is 4.99. The maximum absolute atomic E-state index is 13.0. The van der Waals surface area contributed by atoms with Gasteiger partial charge in [-0.3, -0.25) is 9.59 Å². The molecule has 25 heavy (non-hydrogen) atoms. The predicted molar refractivity (Wildman–Crippen MR) is 100 cm³/mol. The van der Waals surface area contributed by atoms with Crippen LogP contribution < -0.4 is 10.2 Å². The van der Waals surface area contributed by atoms with Crippen molar-refractivity contribution in [3.05, 3.63) is 62.6 Å². The molecule has 2 aromatic rings. The van der Waals surface area contributed by atoms with Gasteiger partial charge in [-0.1, -0.05) is 41.4 Å². The molecule has 130 valence electrons. The normalized spacial score (nSPS) is 16.1. The lowest BCUT2D eigenvalue weighted by Gasteiger charge is -2.20. The molecule has 1 aliphatic rings. The van der Waals surface area contributed by atoms with Crippen molar-refractivity contribution >= 4 is 40.7 Å². The van der Waals surface area contributed by atoms with E-state index in [1.807, 2.05) is 32.0 Å². The molecule has 1 N–H and O–H groups in total. The molecular formula is C19H18Cl2N2O2. The molecule has 0 saturated carbocycles. The van der Waals surface area contributed by atoms with E-state index in [1.54, 1.807) is 17.0 Å². The van der Waals surface area contributed by atoms with Gasteiger partial charge in [0, 0.05) is 22.5 Å². The van der Waals surface area contributed by atoms with Crippen LogP contribution in [0.1, 0.15) is 35.2 Å². The van der Waals surface area contributed by atoms with Crippen LogP contribution in [0.15, 0.2) is 30.3 Å². The van der Waals surface area contributed by atoms with Crippen molar-refractivity contribution in [2.75, 3.05) is 4.90 Å². The van der Waals surface area contributed by atoms with Gasteiger partial charge in [-0.2, -0.15) is 0 Å². The SMILES string of the molecule is CC(=O)NC1C(=O)N(Cc2ccc(Cl)cc2Cl)c2c(C)ccc(C)c21. The first-order valence-corrected chi connectivity index (χ1v) is 8.67. The number of carbonyl (C=O) groups excluding carboxylic acids is 2. The Kier molecular flexibility index (Phi) is 4.76. The van der Waals surface area contributed by atoms with Gasteiger partial charge in [-0.05, 0) is 42.7 Å². The molecule has 0 bridgehead atoms. The first-order chi connectivity index (χ1) is 11.8. The number of anilines is 1. The summed E-state index contributed by atoms with van der Waals surface area (Å²) in [5.74, 6) is -0.398. The van der Waals surface area contributed by atoms with Crippen LogP contribution in [-0.4, -0.2) is 11.8 Å². The Balaban J connectivity index is 2.08. The molecular weight excluding hydrogens is 359 g/mol. The summed E-state index contributed by atoms with van der Waals surface area (Å²) >= 11 is 12.2. The summed E-state index contributed by atoms with van der Waals surface area (Å²) in [6, 6.07) is 8.50. The predicted octanol–water partition coefficient (Wildman–Crippen LogP) is 4.33. The lowest BCUT2D eigenvalue weighted by Crippen LogP contribution is -2.36. The number of amides is 2. The first kappa shape index (κ1) is 17.8. The van der Waals surface area contributed by atoms with Gasteiger partial charge in [0.15, 0.2) is 0 Å². The zero-order valence-corrected chi connectivity index (χ0v) is 15.7. The Hall–Kier alpha value is -2.04. The van der Waals surface area contributed by atoms with Crippen molar-refractivity contribution in [1.82, 2.24) is 5.32 Å². The number of benzene rings is 2. The largest absolute Gasteiger partial charge is 0.341 e. The van der Waals surface area contributed by atoms with Crippen LogP contribution in [0.4, 0.5) is 5.69 Å². The molecule has 0 aromatic heterocycles. The molecule has 1 atom stereocenters. The Labute approximate surface area is 156 Å². The van der Waals surface area contributed by atoms with Crippen LogP contribution in [0, 0.1) is 13.8 Å². The van der Waals surface area contributed by atoms with E-state index in [0.717, 1.165) is 27.9 Å². The molecule has 6 heteroatoms. The molecule has 1 heterocycles. The number of hydrogen-bond donors (Lipinski definition) is 1. The van der Waals surface area contributed by atoms with E-state index in [1.165, 1.54) is 6.92 Å². The zero-order valence-electron chi connectivity index (χ0n) is 14.2. The average Bonchev–Trinajstić information content (AvgIpc) is 2.80. The summed E-state index contributed by atoms with van der Waals surface area (Å²) in [6.45, 7) is 5.64. The van der Waals surface area contributed by atoms with Crippen molar-refractivity contribution in [3.8, 4) is 0 Å². The van der Waals surface area contributed by atoms with Crippen LogP contribution in [0.5, 0.6) is 0 Å². The van der Waals surface area contributed by atoms with Crippen LogP contribution in [0.2, 0.25) is 10.0 Å². The minimum absolute atomic E-state index is 0.159. The van der Waals surface area contributed by atoms with Crippen molar-refractivity contribution < 1.29 is 9.59 Å². The number of nitrogens with one attached hydrogen (secondary N) is 1. The van der Waals surface area contributed by atoms with Crippen LogP contribution >= 0.6 is 23.2 Å². The van der Waals surface area contributed by atoms with Crippen LogP contribution in [0.25, 0.3) is 0 Å². The quantitative estimate of drug-likeness (QED) is 0.866. The highest BCUT2D eigenvalue weighted by Gasteiger charge is 2.40. The Morgan fingerprint density at radius 1 is 1.16 bits per heavy atom. The van der Waals surface area contributed by atoms with Gasteiger partial charge in [0.2, 0.25) is 5.91 Å². The summed E-state index contributed by atoms with van der Waals surface area (Å²) in [7, 11) is 0. The number of hydrogen-bond acceptors (Lipinski definition) is 2. The maximum atomic E-state index is 13.0. The second kappa shape index (κ2) is 6.70. The van der Waals surface area contributed by atoms with Crippen molar-refractivity contribution in [3.63, 3.8) is 0 Å². The summed E-state index contributed by atoms with van der Waals surface area (Å²) in [5, 5.41) is 3.83. The van der Waals surface area contributed by atoms with E-state index in [2.05, 4.69) is 5.32 Å². The Bertz CT molecular complexity index is 880. The monoisotopic (exact) mass is 376 g/mol. The van der Waals surface area contributed by atoms with Crippen molar-refractivity contribution in [1.29, 1.82) is 0 Å². The fourth-order valence-electron chi connectivity index (χ4n) is 3.24. The lowest BCUT2D eigenvalue weighted by atomic mass is 9.99. The molecule has 0 aliphatic carbocycles. The summed E-state index contributed by atoms with van der Waals surface area (Å²) in [5.41, 5.74) is 4.44. The van der Waals surface area contributed by atoms with E-state index in [4.69, 9.17) is 23.2 Å². The van der Waals surface area contributed by atoms with Crippen molar-refractivity contribution in [2.24, 2.45) is 0 Å². The molecule has 0 radical (unpaired) electrons. The number of rotatable bonds is 3. The standard InChI is InChI=1S/C19H18Cl2N2O2/c1-10-4-5-11(2)18-16(10)17(22-12(3)24)19(25)23(18)9-13-6-7-14(20)8-15(13)21/h4-8,17H,9H2,1-3H3,(H,22,24). The average molecular weight is 377 g/mol. The highest BCUT2D eigenvalue weighted by atomic mass is 35.5. The molecule has 0 fully saturated rings. The highest BCUT2D eigenvalue weighted by molar-refractivity contribution is 6.35. The lowest BCUT2D eigenvalue weighted by molar-refractivity contribution is -0.126. The first-order valence-electron chi connectivity index (χ1n) is 7.92. The third kappa shape index (κ3) is 3.24. The zero-order chi connectivity index (χ0) is 18.3. The summed E-state index contributed by atoms with van der Waals surface area (Å²) in [4.78, 5) is 26.3. The van der Waals surface area contributed by atoms with E-state index in [0.29, 0.717) is 16.6 Å². The molecule has 0 spiro atoms. The smallest absolute Gasteiger partial charge is 0.254 e. The molecule has 1 unspecified atom stereocenters. The number of aryl methyl sites for hydroxylation is 2. The molecule has 1 aliphatic heterocycles. The van der Waals surface area contributed by atoms with Gasteiger partial charge >= 0.3 is 0 Å². The van der Waals surface area contributed by atoms with Crippen LogP contribution in [-0.2, 0) is 16.1 Å². The minimum atomic E-state index is -0.668. The minimum Gasteiger partial charge on any atom is -0.341 e. The van der Waals surface area contributed by atoms with Gasteiger partial charge < -0.3 is 10.2 Å². The number of carbonyl (C=O) groups is 2. The highest BCUT2D eigenvalue weighted by Crippen LogP contribution is 2.41. The topological polar surface area (TPSA) is 49.4 Å². The summed E-state index contributed by atoms with van der Waals surface area (Å²) in [6.07, 6.45) is 0. The fourth-order valence-corrected chi connectivity index (χ4v) is 3.71. The number of halogens is 2. The molecule has 0 saturated heterocycles. The van der Waals surface area contributed by atoms with Crippen LogP contribution in [0.3, 0.4) is 0 Å². The number of fused-ring (bicyclic) bond motifs is 1. The van der Waals surface area contributed by atoms with E-state index >= 15 is 0 Å². The maximum Gasteiger partial charge on any atom is 0.254 e. The molecule has 2 aromatic carbocycles. The second-order valence-electron chi connectivity index (χ2n) is 6.26. The number of nitrogens with zero attached hydrogens (tertiary/aromatic N) is 1. The molecule has 2 amide bonds. The summed E-state index contributed by atoms with van der Waals surface area (Å²) < 4.78 is 0. The fraction of sp³-hybridized carbons (Fsp3) is 0.263. The van der Waals surface area contributed by atoms with Gasteiger partial charge in [0.1, 0.15) is 6.04 Å². The second-order valence-corrected chi connectivity index (χ2v) is 7.10. The van der Waals surface area contributed by atoms with Gasteiger partial charge in [-0.25, -0.2) is 0 Å². The Morgan fingerprint density at radius 3 is 2.48 bits per heavy atom. The third-order valence-electron chi connectivity index (χ3n) is 4.40. The van der Waals surface area contributed by atoms with Gasteiger partial charge in [0.25, 0.3) is 5.91 Å². The van der Waals surface area contributed by atoms with E-state index < -0.39 is 6.04 Å². The molecule has 4 nitrogen and oxygen atoms in total. The van der Waals surface area contributed by atoms with E-state index in [9.17, 15) is 9.59 Å². The van der Waals surface area contributed by atoms with E-state index in [-0.39, 0.29) is 11.8 Å². The van der Waals surface area contributed by atoms with Gasteiger partial charge in [-0.15, -0.1) is 0 Å². The Morgan fingerprint density at radius 2 is 1.84 bits per heavy atom. The van der Waals surface area contributed by atoms with Crippen molar-refractivity contribution in [2.45, 2.75) is 33.4 Å².